The molecule has 1 aromatic rings. The summed E-state index contributed by atoms with van der Waals surface area (Å²) in [5.41, 5.74) is 0.921. The number of hydrogen-bond acceptors (Lipinski definition) is 3. The lowest BCUT2D eigenvalue weighted by Crippen LogP contribution is -2.33. The van der Waals surface area contributed by atoms with Crippen molar-refractivity contribution in [2.75, 3.05) is 0 Å². The Morgan fingerprint density at radius 1 is 1.41 bits per heavy atom. The largest absolute Gasteiger partial charge is 0.491 e. The molecule has 4 heteroatoms. The molecule has 1 N–H and O–H groups in total. The Morgan fingerprint density at radius 2 is 2.14 bits per heavy atom. The lowest BCUT2D eigenvalue weighted by molar-refractivity contribution is -0.117. The van der Waals surface area contributed by atoms with Gasteiger partial charge in [-0.2, -0.15) is 5.26 Å². The first kappa shape index (κ1) is 16.1. The Hall–Kier alpha value is -2.28. The minimum atomic E-state index is -0.287. The number of ether oxygens (including phenoxy) is 1. The van der Waals surface area contributed by atoms with Gasteiger partial charge in [0.25, 0.3) is 5.91 Å². The Balaban J connectivity index is 2.10. The van der Waals surface area contributed by atoms with Crippen molar-refractivity contribution in [3.63, 3.8) is 0 Å². The molecular formula is C18H22N2O2. The quantitative estimate of drug-likeness (QED) is 0.669. The van der Waals surface area contributed by atoms with Crippen LogP contribution < -0.4 is 10.1 Å². The van der Waals surface area contributed by atoms with E-state index in [-0.39, 0.29) is 23.6 Å². The van der Waals surface area contributed by atoms with E-state index in [4.69, 9.17) is 4.74 Å². The number of nitrogens with zero attached hydrogens (tertiary/aromatic N) is 1. The van der Waals surface area contributed by atoms with Crippen molar-refractivity contribution in [2.45, 2.75) is 51.7 Å². The molecule has 1 saturated carbocycles. The minimum absolute atomic E-state index is 0.0836. The fourth-order valence-corrected chi connectivity index (χ4v) is 2.60. The topological polar surface area (TPSA) is 62.1 Å². The van der Waals surface area contributed by atoms with Crippen LogP contribution in [-0.2, 0) is 4.79 Å². The predicted molar refractivity (Wildman–Crippen MR) is 86.2 cm³/mol. The smallest absolute Gasteiger partial charge is 0.262 e. The van der Waals surface area contributed by atoms with Crippen LogP contribution in [0.1, 0.15) is 45.1 Å². The SMILES string of the molecule is CC(C)Oc1cccc(C=C(C#N)C(=O)NC2CCCC2)c1. The van der Waals surface area contributed by atoms with E-state index < -0.39 is 0 Å². The fourth-order valence-electron chi connectivity index (χ4n) is 2.60. The molecule has 1 aliphatic rings. The van der Waals surface area contributed by atoms with Gasteiger partial charge in [0.05, 0.1) is 6.10 Å². The van der Waals surface area contributed by atoms with Gasteiger partial charge in [-0.3, -0.25) is 4.79 Å². The standard InChI is InChI=1S/C18H22N2O2/c1-13(2)22-17-9-5-6-14(11-17)10-15(12-19)18(21)20-16-7-3-4-8-16/h5-6,9-11,13,16H,3-4,7-8H2,1-2H3,(H,20,21). The van der Waals surface area contributed by atoms with Gasteiger partial charge >= 0.3 is 0 Å². The molecule has 116 valence electrons. The van der Waals surface area contributed by atoms with E-state index >= 15 is 0 Å². The van der Waals surface area contributed by atoms with Gasteiger partial charge in [0, 0.05) is 6.04 Å². The first-order chi connectivity index (χ1) is 10.6. The second-order valence-electron chi connectivity index (χ2n) is 5.86. The van der Waals surface area contributed by atoms with Gasteiger partial charge in [-0.05, 0) is 50.5 Å². The number of carbonyl (C=O) groups is 1. The maximum Gasteiger partial charge on any atom is 0.262 e. The van der Waals surface area contributed by atoms with Gasteiger partial charge in [-0.1, -0.05) is 25.0 Å². The minimum Gasteiger partial charge on any atom is -0.491 e. The van der Waals surface area contributed by atoms with E-state index in [9.17, 15) is 10.1 Å². The van der Waals surface area contributed by atoms with Crippen LogP contribution in [0.15, 0.2) is 29.8 Å². The highest BCUT2D eigenvalue weighted by Gasteiger charge is 2.19. The number of rotatable bonds is 5. The van der Waals surface area contributed by atoms with Gasteiger partial charge in [0.2, 0.25) is 0 Å². The first-order valence-corrected chi connectivity index (χ1v) is 7.78. The first-order valence-electron chi connectivity index (χ1n) is 7.78. The maximum absolute atomic E-state index is 12.2. The zero-order valence-electron chi connectivity index (χ0n) is 13.1. The molecule has 1 amide bonds. The summed E-state index contributed by atoms with van der Waals surface area (Å²) in [6, 6.07) is 9.61. The zero-order valence-corrected chi connectivity index (χ0v) is 13.1. The number of amides is 1. The summed E-state index contributed by atoms with van der Waals surface area (Å²) < 4.78 is 5.63. The number of nitriles is 1. The summed E-state index contributed by atoms with van der Waals surface area (Å²) in [6.45, 7) is 3.91. The molecule has 1 aliphatic carbocycles. The summed E-state index contributed by atoms with van der Waals surface area (Å²) >= 11 is 0. The Kier molecular flexibility index (Phi) is 5.60. The molecule has 0 radical (unpaired) electrons. The second-order valence-corrected chi connectivity index (χ2v) is 5.86. The monoisotopic (exact) mass is 298 g/mol. The van der Waals surface area contributed by atoms with E-state index in [1.165, 1.54) is 0 Å². The van der Waals surface area contributed by atoms with E-state index in [2.05, 4.69) is 5.32 Å². The van der Waals surface area contributed by atoms with Crippen molar-refractivity contribution < 1.29 is 9.53 Å². The van der Waals surface area contributed by atoms with Crippen LogP contribution in [0.25, 0.3) is 6.08 Å². The summed E-state index contributed by atoms with van der Waals surface area (Å²) in [4.78, 5) is 12.2. The van der Waals surface area contributed by atoms with Crippen LogP contribution in [0.5, 0.6) is 5.75 Å². The third kappa shape index (κ3) is 4.63. The van der Waals surface area contributed by atoms with E-state index in [0.717, 1.165) is 37.0 Å². The van der Waals surface area contributed by atoms with Crippen molar-refractivity contribution in [1.29, 1.82) is 5.26 Å². The summed E-state index contributed by atoms with van der Waals surface area (Å²) in [5.74, 6) is 0.446. The highest BCUT2D eigenvalue weighted by atomic mass is 16.5. The average molecular weight is 298 g/mol. The lowest BCUT2D eigenvalue weighted by Gasteiger charge is -2.11. The van der Waals surface area contributed by atoms with Crippen LogP contribution in [0.2, 0.25) is 0 Å². The van der Waals surface area contributed by atoms with Crippen molar-refractivity contribution >= 4 is 12.0 Å². The molecule has 2 rings (SSSR count). The summed E-state index contributed by atoms with van der Waals surface area (Å²) in [5, 5.41) is 12.2. The molecule has 22 heavy (non-hydrogen) atoms. The highest BCUT2D eigenvalue weighted by molar-refractivity contribution is 6.01. The molecule has 0 atom stereocenters. The van der Waals surface area contributed by atoms with Gasteiger partial charge in [0.1, 0.15) is 17.4 Å². The van der Waals surface area contributed by atoms with E-state index in [0.29, 0.717) is 0 Å². The molecule has 0 aliphatic heterocycles. The normalized spacial score (nSPS) is 15.6. The molecular weight excluding hydrogens is 276 g/mol. The van der Waals surface area contributed by atoms with Gasteiger partial charge in [-0.15, -0.1) is 0 Å². The summed E-state index contributed by atoms with van der Waals surface area (Å²) in [6.07, 6.45) is 5.98. The number of nitrogens with one attached hydrogen (secondary N) is 1. The van der Waals surface area contributed by atoms with Gasteiger partial charge < -0.3 is 10.1 Å². The zero-order chi connectivity index (χ0) is 15.9. The van der Waals surface area contributed by atoms with Gasteiger partial charge in [-0.25, -0.2) is 0 Å². The number of hydrogen-bond donors (Lipinski definition) is 1. The lowest BCUT2D eigenvalue weighted by atomic mass is 10.1. The third-order valence-electron chi connectivity index (χ3n) is 3.60. The van der Waals surface area contributed by atoms with Crippen molar-refractivity contribution in [3.8, 4) is 11.8 Å². The van der Waals surface area contributed by atoms with E-state index in [1.54, 1.807) is 6.08 Å². The number of carbonyl (C=O) groups excluding carboxylic acids is 1. The van der Waals surface area contributed by atoms with E-state index in [1.807, 2.05) is 44.2 Å². The predicted octanol–water partition coefficient (Wildman–Crippen LogP) is 3.44. The molecule has 4 nitrogen and oxygen atoms in total. The molecule has 0 saturated heterocycles. The summed E-state index contributed by atoms with van der Waals surface area (Å²) in [7, 11) is 0. The van der Waals surface area contributed by atoms with Crippen molar-refractivity contribution in [2.24, 2.45) is 0 Å². The fraction of sp³-hybridized carbons (Fsp3) is 0.444. The Morgan fingerprint density at radius 3 is 2.77 bits per heavy atom. The van der Waals surface area contributed by atoms with Crippen LogP contribution >= 0.6 is 0 Å². The number of benzene rings is 1. The maximum atomic E-state index is 12.2. The molecule has 0 bridgehead atoms. The van der Waals surface area contributed by atoms with Crippen LogP contribution in [0.3, 0.4) is 0 Å². The Bertz CT molecular complexity index is 593. The Labute approximate surface area is 131 Å². The molecule has 0 spiro atoms. The molecule has 1 aromatic carbocycles. The second kappa shape index (κ2) is 7.65. The molecule has 0 heterocycles. The molecule has 0 aromatic heterocycles. The van der Waals surface area contributed by atoms with Crippen LogP contribution in [0, 0.1) is 11.3 Å². The van der Waals surface area contributed by atoms with Crippen molar-refractivity contribution in [3.05, 3.63) is 35.4 Å². The average Bonchev–Trinajstić information content (AvgIpc) is 2.97. The molecule has 0 unspecified atom stereocenters. The van der Waals surface area contributed by atoms with Crippen molar-refractivity contribution in [1.82, 2.24) is 5.32 Å². The van der Waals surface area contributed by atoms with Crippen LogP contribution in [0.4, 0.5) is 0 Å². The van der Waals surface area contributed by atoms with Gasteiger partial charge in [0.15, 0.2) is 0 Å². The highest BCUT2D eigenvalue weighted by Crippen LogP contribution is 2.19. The molecule has 1 fully saturated rings. The third-order valence-corrected chi connectivity index (χ3v) is 3.60. The van der Waals surface area contributed by atoms with Crippen LogP contribution in [-0.4, -0.2) is 18.1 Å².